The third-order valence-electron chi connectivity index (χ3n) is 9.89. The quantitative estimate of drug-likeness (QED) is 0.0304. The molecule has 318 valence electrons. The summed E-state index contributed by atoms with van der Waals surface area (Å²) in [4.78, 5) is 26.7. The Morgan fingerprint density at radius 1 is 0.458 bits per heavy atom. The number of aromatic nitrogens is 4. The molecule has 0 aliphatic rings. The first-order chi connectivity index (χ1) is 29.1. The number of carbonyl (C=O) groups excluding carboxylic acids is 2. The van der Waals surface area contributed by atoms with E-state index >= 15 is 0 Å². The molecule has 0 unspecified atom stereocenters. The van der Waals surface area contributed by atoms with Crippen molar-refractivity contribution < 1.29 is 27.9 Å². The van der Waals surface area contributed by atoms with Crippen LogP contribution in [-0.4, -0.2) is 46.2 Å². The molecule has 59 heavy (non-hydrogen) atoms. The van der Waals surface area contributed by atoms with Gasteiger partial charge in [-0.25, -0.2) is 0 Å². The molecule has 0 bridgehead atoms. The Labute approximate surface area is 361 Å². The largest absolute Gasteiger partial charge is 0.488 e. The highest BCUT2D eigenvalue weighted by molar-refractivity contribution is 7.19. The molecule has 0 aliphatic heterocycles. The second kappa shape index (κ2) is 26.8. The highest BCUT2D eigenvalue weighted by Gasteiger charge is 2.29. The van der Waals surface area contributed by atoms with Gasteiger partial charge in [0, 0.05) is 21.9 Å². The molecule has 0 amide bonds. The standard InChI is InChI=1S/C46H60N4O6S3/c1-3-5-7-9-11-13-15-17-19-21-31-53-41-42(54-32-22-20-18-16-14-12-10-8-6-4-2)44(46-50-48-40(56-46)30-28-36-24-26-38(34-52)58-36)59-43(41)45-49-47-39(55-45)29-27-35-23-25-37(33-51)57-35/h23-30,33-34H,3-22,31-32H2,1-2H3/b29-27+,30-28+. The van der Waals surface area contributed by atoms with Gasteiger partial charge in [-0.1, -0.05) is 129 Å². The highest BCUT2D eigenvalue weighted by Crippen LogP contribution is 2.52. The lowest BCUT2D eigenvalue weighted by Crippen LogP contribution is -2.03. The van der Waals surface area contributed by atoms with Gasteiger partial charge in [-0.2, -0.15) is 0 Å². The minimum Gasteiger partial charge on any atom is -0.488 e. The molecular weight excluding hydrogens is 801 g/mol. The number of ether oxygens (including phenoxy) is 2. The van der Waals surface area contributed by atoms with Gasteiger partial charge < -0.3 is 18.3 Å². The van der Waals surface area contributed by atoms with Gasteiger partial charge in [0.05, 0.1) is 23.0 Å². The molecule has 5 aromatic heterocycles. The maximum atomic E-state index is 11.2. The lowest BCUT2D eigenvalue weighted by molar-refractivity contribution is 0.111. The Balaban J connectivity index is 1.33. The van der Waals surface area contributed by atoms with Crippen molar-refractivity contribution in [3.8, 4) is 33.0 Å². The number of aldehydes is 2. The molecule has 0 aromatic carbocycles. The molecule has 0 N–H and O–H groups in total. The van der Waals surface area contributed by atoms with Crippen LogP contribution in [0.1, 0.15) is 183 Å². The molecule has 13 heteroatoms. The van der Waals surface area contributed by atoms with Gasteiger partial charge in [0.25, 0.3) is 11.8 Å². The van der Waals surface area contributed by atoms with Crippen LogP contribution in [0.3, 0.4) is 0 Å². The van der Waals surface area contributed by atoms with E-state index in [1.54, 1.807) is 24.3 Å². The van der Waals surface area contributed by atoms with Gasteiger partial charge in [-0.3, -0.25) is 9.59 Å². The summed E-state index contributed by atoms with van der Waals surface area (Å²) in [7, 11) is 0. The maximum Gasteiger partial charge on any atom is 0.262 e. The van der Waals surface area contributed by atoms with Crippen LogP contribution < -0.4 is 9.47 Å². The van der Waals surface area contributed by atoms with Crippen LogP contribution in [0, 0.1) is 0 Å². The number of nitrogens with zero attached hydrogens (tertiary/aromatic N) is 4. The minimum atomic E-state index is 0.297. The first-order valence-electron chi connectivity index (χ1n) is 21.7. The third kappa shape index (κ3) is 15.7. The van der Waals surface area contributed by atoms with Crippen LogP contribution in [0.2, 0.25) is 0 Å². The van der Waals surface area contributed by atoms with Gasteiger partial charge in [0.1, 0.15) is 9.75 Å². The van der Waals surface area contributed by atoms with E-state index in [0.717, 1.165) is 48.0 Å². The molecule has 0 spiro atoms. The smallest absolute Gasteiger partial charge is 0.262 e. The molecular formula is C46H60N4O6S3. The molecule has 0 atom stereocenters. The topological polar surface area (TPSA) is 130 Å². The average Bonchev–Trinajstić information content (AvgIpc) is 4.11. The molecule has 5 aromatic rings. The van der Waals surface area contributed by atoms with Crippen LogP contribution in [0.25, 0.3) is 45.8 Å². The van der Waals surface area contributed by atoms with Gasteiger partial charge in [-0.05, 0) is 49.3 Å². The zero-order chi connectivity index (χ0) is 41.3. The van der Waals surface area contributed by atoms with Crippen molar-refractivity contribution >= 4 is 70.9 Å². The maximum absolute atomic E-state index is 11.2. The fourth-order valence-electron chi connectivity index (χ4n) is 6.61. The van der Waals surface area contributed by atoms with E-state index in [4.69, 9.17) is 18.3 Å². The van der Waals surface area contributed by atoms with Crippen molar-refractivity contribution in [3.05, 3.63) is 55.6 Å². The number of unbranched alkanes of at least 4 members (excludes halogenated alkanes) is 18. The monoisotopic (exact) mass is 860 g/mol. The summed E-state index contributed by atoms with van der Waals surface area (Å²) in [6.45, 7) is 5.53. The molecule has 0 saturated carbocycles. The van der Waals surface area contributed by atoms with E-state index in [1.165, 1.54) is 137 Å². The van der Waals surface area contributed by atoms with Crippen LogP contribution >= 0.6 is 34.0 Å². The van der Waals surface area contributed by atoms with E-state index in [-0.39, 0.29) is 0 Å². The molecule has 0 fully saturated rings. The zero-order valence-corrected chi connectivity index (χ0v) is 37.2. The average molecular weight is 861 g/mol. The lowest BCUT2D eigenvalue weighted by atomic mass is 10.1. The number of carbonyl (C=O) groups is 2. The SMILES string of the molecule is CCCCCCCCCCCCOc1c(-c2nnc(/C=C/c3ccc(C=O)s3)o2)sc(-c2nnc(/C=C/c3ccc(C=O)s3)o2)c1OCCCCCCCCCCCC. The molecule has 0 saturated heterocycles. The summed E-state index contributed by atoms with van der Waals surface area (Å²) < 4.78 is 25.6. The van der Waals surface area contributed by atoms with E-state index in [2.05, 4.69) is 34.2 Å². The summed E-state index contributed by atoms with van der Waals surface area (Å²) in [5.41, 5.74) is 0. The second-order valence-corrected chi connectivity index (χ2v) is 18.1. The third-order valence-corrected chi connectivity index (χ3v) is 13.0. The molecule has 5 rings (SSSR count). The van der Waals surface area contributed by atoms with E-state index < -0.39 is 0 Å². The summed E-state index contributed by atoms with van der Waals surface area (Å²) in [6.07, 6.45) is 33.4. The Bertz CT molecular complexity index is 1860. The fourth-order valence-corrected chi connectivity index (χ4v) is 9.10. The fraction of sp³-hybridized carbons (Fsp3) is 0.522. The van der Waals surface area contributed by atoms with Gasteiger partial charge in [0.2, 0.25) is 11.8 Å². The van der Waals surface area contributed by atoms with Crippen LogP contribution in [-0.2, 0) is 0 Å². The predicted molar refractivity (Wildman–Crippen MR) is 243 cm³/mol. The number of hydrogen-bond acceptors (Lipinski definition) is 13. The zero-order valence-electron chi connectivity index (χ0n) is 34.8. The van der Waals surface area contributed by atoms with Gasteiger partial charge in [0.15, 0.2) is 24.1 Å². The lowest BCUT2D eigenvalue weighted by Gasteiger charge is -2.11. The van der Waals surface area contributed by atoms with Gasteiger partial charge in [-0.15, -0.1) is 54.4 Å². The normalized spacial score (nSPS) is 11.7. The van der Waals surface area contributed by atoms with Crippen molar-refractivity contribution in [3.63, 3.8) is 0 Å². The van der Waals surface area contributed by atoms with Crippen LogP contribution in [0.5, 0.6) is 11.5 Å². The molecule has 10 nitrogen and oxygen atoms in total. The number of thiophene rings is 3. The second-order valence-electron chi connectivity index (χ2n) is 14.8. The first kappa shape index (κ1) is 45.9. The summed E-state index contributed by atoms with van der Waals surface area (Å²) in [6, 6.07) is 7.32. The summed E-state index contributed by atoms with van der Waals surface area (Å²) in [5, 5.41) is 17.5. The Kier molecular flexibility index (Phi) is 20.8. The Morgan fingerprint density at radius 2 is 0.814 bits per heavy atom. The van der Waals surface area contributed by atoms with E-state index in [1.807, 2.05) is 24.3 Å². The number of rotatable bonds is 32. The number of hydrogen-bond donors (Lipinski definition) is 0. The Hall–Kier alpha value is -4.20. The van der Waals surface area contributed by atoms with Crippen molar-refractivity contribution in [1.82, 2.24) is 20.4 Å². The van der Waals surface area contributed by atoms with Crippen molar-refractivity contribution in [2.45, 2.75) is 142 Å². The first-order valence-corrected chi connectivity index (χ1v) is 24.1. The minimum absolute atomic E-state index is 0.297. The molecule has 0 aliphatic carbocycles. The van der Waals surface area contributed by atoms with E-state index in [0.29, 0.717) is 67.8 Å². The summed E-state index contributed by atoms with van der Waals surface area (Å²) in [5.74, 6) is 2.31. The van der Waals surface area contributed by atoms with Crippen molar-refractivity contribution in [2.75, 3.05) is 13.2 Å². The van der Waals surface area contributed by atoms with Crippen LogP contribution in [0.4, 0.5) is 0 Å². The molecule has 5 heterocycles. The van der Waals surface area contributed by atoms with Crippen molar-refractivity contribution in [2.24, 2.45) is 0 Å². The predicted octanol–water partition coefficient (Wildman–Crippen LogP) is 14.5. The van der Waals surface area contributed by atoms with E-state index in [9.17, 15) is 9.59 Å². The van der Waals surface area contributed by atoms with Gasteiger partial charge >= 0.3 is 0 Å². The van der Waals surface area contributed by atoms with Crippen molar-refractivity contribution in [1.29, 1.82) is 0 Å². The molecule has 0 radical (unpaired) electrons. The highest BCUT2D eigenvalue weighted by atomic mass is 32.1. The summed E-state index contributed by atoms with van der Waals surface area (Å²) >= 11 is 4.13. The van der Waals surface area contributed by atoms with Crippen LogP contribution in [0.15, 0.2) is 33.1 Å². The Morgan fingerprint density at radius 3 is 1.17 bits per heavy atom.